The maximum absolute atomic E-state index is 14.7. The van der Waals surface area contributed by atoms with Gasteiger partial charge in [0.05, 0.1) is 11.0 Å². The van der Waals surface area contributed by atoms with E-state index in [9.17, 15) is 24.6 Å². The molecular weight excluding hydrogens is 534 g/mol. The topological polar surface area (TPSA) is 122 Å². The third-order valence-corrected chi connectivity index (χ3v) is 10.3. The van der Waals surface area contributed by atoms with Crippen molar-refractivity contribution < 1.29 is 34.1 Å². The van der Waals surface area contributed by atoms with E-state index < -0.39 is 41.2 Å². The second-order valence-electron chi connectivity index (χ2n) is 12.9. The number of Topliss-reactive ketones (excluding diaryl/α,β-unsaturated/α-hetero) is 1. The predicted octanol–water partition coefficient (Wildman–Crippen LogP) is 4.94. The lowest BCUT2D eigenvalue weighted by molar-refractivity contribution is -0.190. The van der Waals surface area contributed by atoms with Crippen LogP contribution in [-0.4, -0.2) is 52.5 Å². The summed E-state index contributed by atoms with van der Waals surface area (Å²) >= 11 is 0. The van der Waals surface area contributed by atoms with Gasteiger partial charge in [0, 0.05) is 11.6 Å². The number of amides is 1. The molecule has 1 amide bonds. The standard InChI is InChI=1S/C34H37NO7/c1-19-17-33-20(2)15-25-26(32(25,3)4)24(28(33)37)16-22(18-41-31(39)35-23-13-9-6-10-14-23)27(36)34(33,40)29(19)42-30(38)21-11-7-5-8-12-21/h5-14,16-17,20,24-27,29,36,40H,15,18H2,1-4H3,(H,35,39)/t20-,24+,25-,26+,27-,29+,33+,34+/m1/s1. The van der Waals surface area contributed by atoms with Gasteiger partial charge in [-0.15, -0.1) is 0 Å². The molecule has 0 heterocycles. The van der Waals surface area contributed by atoms with E-state index in [0.717, 1.165) is 0 Å². The summed E-state index contributed by atoms with van der Waals surface area (Å²) in [5.41, 5.74) is -2.28. The van der Waals surface area contributed by atoms with Crippen LogP contribution in [0.25, 0.3) is 0 Å². The molecule has 1 spiro atoms. The van der Waals surface area contributed by atoms with Crippen LogP contribution < -0.4 is 5.32 Å². The molecule has 2 aromatic carbocycles. The summed E-state index contributed by atoms with van der Waals surface area (Å²) in [4.78, 5) is 40.6. The number of aliphatic hydroxyl groups excluding tert-OH is 1. The molecule has 2 fully saturated rings. The molecule has 4 aliphatic carbocycles. The second kappa shape index (κ2) is 9.92. The highest BCUT2D eigenvalue weighted by molar-refractivity contribution is 5.96. The van der Waals surface area contributed by atoms with Crippen molar-refractivity contribution in [3.05, 3.63) is 89.5 Å². The lowest BCUT2D eigenvalue weighted by atomic mass is 9.59. The molecule has 220 valence electrons. The number of benzene rings is 2. The highest BCUT2D eigenvalue weighted by Crippen LogP contribution is 2.71. The Kier molecular flexibility index (Phi) is 6.70. The van der Waals surface area contributed by atoms with Crippen molar-refractivity contribution in [3.8, 4) is 0 Å². The van der Waals surface area contributed by atoms with Gasteiger partial charge >= 0.3 is 12.1 Å². The summed E-state index contributed by atoms with van der Waals surface area (Å²) in [5, 5.41) is 27.5. The number of esters is 1. The molecule has 0 radical (unpaired) electrons. The molecule has 0 aromatic heterocycles. The number of anilines is 1. The van der Waals surface area contributed by atoms with Gasteiger partial charge in [-0.2, -0.15) is 0 Å². The molecule has 8 heteroatoms. The predicted molar refractivity (Wildman–Crippen MR) is 155 cm³/mol. The molecule has 8 atom stereocenters. The monoisotopic (exact) mass is 571 g/mol. The van der Waals surface area contributed by atoms with E-state index in [1.165, 1.54) is 0 Å². The molecular formula is C34H37NO7. The molecule has 0 aliphatic heterocycles. The summed E-state index contributed by atoms with van der Waals surface area (Å²) in [6.45, 7) is 7.58. The smallest absolute Gasteiger partial charge is 0.411 e. The van der Waals surface area contributed by atoms with E-state index in [4.69, 9.17) is 9.47 Å². The molecule has 4 aliphatic rings. The number of hydrogen-bond donors (Lipinski definition) is 3. The fourth-order valence-corrected chi connectivity index (χ4v) is 8.16. The SMILES string of the molecule is CC1=C[C@]23C(=O)[C@@H](C=C(COC(=O)Nc4ccccc4)[C@@H](O)[C@]2(O)[C@H]1OC(=O)c1ccccc1)[C@H]1[C@@H](C[C@H]3C)C1(C)C. The number of carbonyl (C=O) groups is 3. The Bertz CT molecular complexity index is 1480. The Balaban J connectivity index is 1.39. The van der Waals surface area contributed by atoms with E-state index in [1.807, 2.05) is 13.0 Å². The Morgan fingerprint density at radius 2 is 1.69 bits per heavy atom. The zero-order valence-electron chi connectivity index (χ0n) is 24.2. The third-order valence-electron chi connectivity index (χ3n) is 10.3. The van der Waals surface area contributed by atoms with Crippen molar-refractivity contribution in [2.75, 3.05) is 11.9 Å². The normalized spacial score (nSPS) is 35.8. The van der Waals surface area contributed by atoms with Crippen LogP contribution in [-0.2, 0) is 14.3 Å². The van der Waals surface area contributed by atoms with Crippen LogP contribution in [0.3, 0.4) is 0 Å². The highest BCUT2D eigenvalue weighted by Gasteiger charge is 2.76. The lowest BCUT2D eigenvalue weighted by Gasteiger charge is -2.48. The zero-order chi connectivity index (χ0) is 30.0. The summed E-state index contributed by atoms with van der Waals surface area (Å²) in [5.74, 6) is -1.59. The van der Waals surface area contributed by atoms with Crippen LogP contribution in [0.5, 0.6) is 0 Å². The minimum absolute atomic E-state index is 0.00847. The van der Waals surface area contributed by atoms with Crippen molar-refractivity contribution in [2.24, 2.45) is 34.5 Å². The maximum Gasteiger partial charge on any atom is 0.411 e. The quantitative estimate of drug-likeness (QED) is 0.343. The summed E-state index contributed by atoms with van der Waals surface area (Å²) in [6.07, 6.45) is 0.421. The summed E-state index contributed by atoms with van der Waals surface area (Å²) < 4.78 is 11.5. The first-order valence-electron chi connectivity index (χ1n) is 14.5. The molecule has 0 saturated heterocycles. The lowest BCUT2D eigenvalue weighted by Crippen LogP contribution is -2.65. The minimum Gasteiger partial charge on any atom is -0.451 e. The van der Waals surface area contributed by atoms with Crippen LogP contribution in [0.1, 0.15) is 44.5 Å². The number of ketones is 1. The van der Waals surface area contributed by atoms with Gasteiger partial charge in [-0.05, 0) is 71.9 Å². The number of fused-ring (bicyclic) bond motifs is 3. The number of allylic oxidation sites excluding steroid dienone is 1. The van der Waals surface area contributed by atoms with Crippen molar-refractivity contribution in [2.45, 2.75) is 51.9 Å². The highest BCUT2D eigenvalue weighted by atomic mass is 16.6. The zero-order valence-corrected chi connectivity index (χ0v) is 24.2. The summed E-state index contributed by atoms with van der Waals surface area (Å²) in [7, 11) is 0. The average Bonchev–Trinajstić information content (AvgIpc) is 3.46. The van der Waals surface area contributed by atoms with E-state index in [0.29, 0.717) is 17.7 Å². The molecule has 3 N–H and O–H groups in total. The largest absolute Gasteiger partial charge is 0.451 e. The van der Waals surface area contributed by atoms with Gasteiger partial charge in [0.2, 0.25) is 0 Å². The first kappa shape index (κ1) is 28.4. The number of para-hydroxylation sites is 1. The fraction of sp³-hybridized carbons (Fsp3) is 0.441. The van der Waals surface area contributed by atoms with E-state index >= 15 is 0 Å². The van der Waals surface area contributed by atoms with Gasteiger partial charge in [-0.1, -0.05) is 69.3 Å². The van der Waals surface area contributed by atoms with Gasteiger partial charge in [0.1, 0.15) is 12.7 Å². The van der Waals surface area contributed by atoms with Crippen molar-refractivity contribution in [1.82, 2.24) is 0 Å². The molecule has 2 bridgehead atoms. The van der Waals surface area contributed by atoms with Gasteiger partial charge in [0.25, 0.3) is 0 Å². The Hall–Kier alpha value is -3.75. The van der Waals surface area contributed by atoms with Crippen LogP contribution in [0.2, 0.25) is 0 Å². The van der Waals surface area contributed by atoms with Gasteiger partial charge in [0.15, 0.2) is 17.5 Å². The van der Waals surface area contributed by atoms with Crippen LogP contribution in [0.15, 0.2) is 84.0 Å². The number of rotatable bonds is 5. The molecule has 6 rings (SSSR count). The number of hydrogen-bond acceptors (Lipinski definition) is 7. The maximum atomic E-state index is 14.7. The summed E-state index contributed by atoms with van der Waals surface area (Å²) in [6, 6.07) is 17.2. The minimum atomic E-state index is -2.21. The van der Waals surface area contributed by atoms with Crippen molar-refractivity contribution >= 4 is 23.5 Å². The van der Waals surface area contributed by atoms with Crippen molar-refractivity contribution in [3.63, 3.8) is 0 Å². The fourth-order valence-electron chi connectivity index (χ4n) is 8.16. The molecule has 42 heavy (non-hydrogen) atoms. The van der Waals surface area contributed by atoms with E-state index in [1.54, 1.807) is 73.7 Å². The molecule has 8 nitrogen and oxygen atoms in total. The molecule has 2 aromatic rings. The van der Waals surface area contributed by atoms with Crippen LogP contribution in [0.4, 0.5) is 10.5 Å². The van der Waals surface area contributed by atoms with Crippen LogP contribution in [0, 0.1) is 34.5 Å². The van der Waals surface area contributed by atoms with Gasteiger partial charge < -0.3 is 19.7 Å². The Labute approximate surface area is 245 Å². The molecule has 0 unspecified atom stereocenters. The average molecular weight is 572 g/mol. The van der Waals surface area contributed by atoms with Gasteiger partial charge in [-0.3, -0.25) is 10.1 Å². The Morgan fingerprint density at radius 3 is 2.36 bits per heavy atom. The first-order valence-corrected chi connectivity index (χ1v) is 14.5. The number of aliphatic hydroxyl groups is 2. The first-order chi connectivity index (χ1) is 19.9. The van der Waals surface area contributed by atoms with E-state index in [-0.39, 0.29) is 46.7 Å². The molecule has 2 saturated carbocycles. The number of nitrogens with one attached hydrogen (secondary N) is 1. The van der Waals surface area contributed by atoms with Gasteiger partial charge in [-0.25, -0.2) is 9.59 Å². The van der Waals surface area contributed by atoms with Crippen molar-refractivity contribution in [1.29, 1.82) is 0 Å². The number of carbonyl (C=O) groups excluding carboxylic acids is 3. The Morgan fingerprint density at radius 1 is 1.05 bits per heavy atom. The number of ether oxygens (including phenoxy) is 2. The second-order valence-corrected chi connectivity index (χ2v) is 12.9. The third kappa shape index (κ3) is 4.07. The van der Waals surface area contributed by atoms with E-state index in [2.05, 4.69) is 19.2 Å². The van der Waals surface area contributed by atoms with Crippen LogP contribution >= 0.6 is 0 Å².